The summed E-state index contributed by atoms with van der Waals surface area (Å²) in [5.74, 6) is 0.644. The van der Waals surface area contributed by atoms with Crippen LogP contribution < -0.4 is 0 Å². The lowest BCUT2D eigenvalue weighted by molar-refractivity contribution is 0.160. The Kier molecular flexibility index (Phi) is 5.07. The zero-order valence-corrected chi connectivity index (χ0v) is 14.6. The van der Waals surface area contributed by atoms with E-state index < -0.39 is 0 Å². The van der Waals surface area contributed by atoms with Crippen molar-refractivity contribution in [1.29, 1.82) is 0 Å². The van der Waals surface area contributed by atoms with Gasteiger partial charge in [-0.15, -0.1) is 0 Å². The minimum atomic E-state index is -0.246. The number of rotatable bonds is 4. The van der Waals surface area contributed by atoms with Crippen molar-refractivity contribution in [2.45, 2.75) is 38.3 Å². The Morgan fingerprint density at radius 2 is 1.85 bits per heavy atom. The van der Waals surface area contributed by atoms with Gasteiger partial charge in [0.05, 0.1) is 6.04 Å². The van der Waals surface area contributed by atoms with Crippen LogP contribution in [0.1, 0.15) is 43.0 Å². The highest BCUT2D eigenvalue weighted by Crippen LogP contribution is 2.33. The van der Waals surface area contributed by atoms with E-state index in [4.69, 9.17) is 4.52 Å². The summed E-state index contributed by atoms with van der Waals surface area (Å²) in [5.41, 5.74) is 2.88. The van der Waals surface area contributed by atoms with Crippen LogP contribution in [-0.4, -0.2) is 21.6 Å². The minimum absolute atomic E-state index is 0.215. The summed E-state index contributed by atoms with van der Waals surface area (Å²) in [6.07, 6.45) is 8.35. The van der Waals surface area contributed by atoms with Crippen LogP contribution in [0.2, 0.25) is 0 Å². The first kappa shape index (κ1) is 16.9. The monoisotopic (exact) mass is 351 g/mol. The molecule has 1 fully saturated rings. The molecule has 0 N–H and O–H groups in total. The van der Waals surface area contributed by atoms with E-state index in [9.17, 15) is 4.39 Å². The van der Waals surface area contributed by atoms with Gasteiger partial charge in [-0.05, 0) is 61.3 Å². The van der Waals surface area contributed by atoms with Gasteiger partial charge in [-0.2, -0.15) is 0 Å². The third-order valence-corrected chi connectivity index (χ3v) is 5.00. The Morgan fingerprint density at radius 1 is 1.04 bits per heavy atom. The average molecular weight is 351 g/mol. The lowest BCUT2D eigenvalue weighted by Gasteiger charge is -2.27. The van der Waals surface area contributed by atoms with E-state index in [2.05, 4.69) is 27.2 Å². The fourth-order valence-electron chi connectivity index (χ4n) is 3.60. The number of halogens is 1. The van der Waals surface area contributed by atoms with Crippen LogP contribution in [0, 0.1) is 5.82 Å². The number of nitrogens with zero attached hydrogens (tertiary/aromatic N) is 3. The maximum Gasteiger partial charge on any atom is 0.154 e. The molecule has 0 aliphatic carbocycles. The molecule has 0 amide bonds. The van der Waals surface area contributed by atoms with Crippen molar-refractivity contribution in [3.63, 3.8) is 0 Å². The van der Waals surface area contributed by atoms with Crippen molar-refractivity contribution in [2.75, 3.05) is 6.54 Å². The second-order valence-electron chi connectivity index (χ2n) is 6.81. The van der Waals surface area contributed by atoms with Crippen molar-refractivity contribution in [1.82, 2.24) is 15.0 Å². The Hall–Kier alpha value is -2.53. The van der Waals surface area contributed by atoms with Crippen LogP contribution in [0.15, 0.2) is 59.4 Å². The average Bonchev–Trinajstić information content (AvgIpc) is 3.04. The Balaban J connectivity index is 1.58. The predicted molar refractivity (Wildman–Crippen MR) is 97.8 cm³/mol. The van der Waals surface area contributed by atoms with Crippen molar-refractivity contribution in [2.24, 2.45) is 0 Å². The molecule has 5 heteroatoms. The molecule has 134 valence electrons. The second-order valence-corrected chi connectivity index (χ2v) is 6.81. The Labute approximate surface area is 152 Å². The molecule has 0 bridgehead atoms. The van der Waals surface area contributed by atoms with Crippen LogP contribution in [-0.2, 0) is 6.54 Å². The maximum absolute atomic E-state index is 13.1. The molecular formula is C21H22FN3O. The van der Waals surface area contributed by atoms with E-state index in [0.29, 0.717) is 0 Å². The van der Waals surface area contributed by atoms with Crippen LogP contribution in [0.3, 0.4) is 0 Å². The van der Waals surface area contributed by atoms with E-state index in [1.807, 2.05) is 18.5 Å². The van der Waals surface area contributed by atoms with Gasteiger partial charge < -0.3 is 4.52 Å². The van der Waals surface area contributed by atoms with Crippen LogP contribution >= 0.6 is 0 Å². The number of hydrogen-bond acceptors (Lipinski definition) is 4. The fraction of sp³-hybridized carbons (Fsp3) is 0.333. The Morgan fingerprint density at radius 3 is 2.65 bits per heavy atom. The third-order valence-electron chi connectivity index (χ3n) is 5.00. The molecule has 1 aromatic carbocycles. The van der Waals surface area contributed by atoms with Crippen molar-refractivity contribution < 1.29 is 8.91 Å². The van der Waals surface area contributed by atoms with Crippen molar-refractivity contribution >= 4 is 0 Å². The smallest absolute Gasteiger partial charge is 0.154 e. The van der Waals surface area contributed by atoms with Gasteiger partial charge in [0.1, 0.15) is 11.5 Å². The zero-order chi connectivity index (χ0) is 17.8. The standard InChI is InChI=1S/C21H22FN3O/c22-18-7-5-17(6-8-18)19-14-21(26-24-19)20-4-2-1-3-13-25(20)15-16-9-11-23-12-10-16/h5-12,14,20H,1-4,13,15H2. The van der Waals surface area contributed by atoms with Gasteiger partial charge in [-0.25, -0.2) is 4.39 Å². The molecule has 1 aliphatic heterocycles. The molecule has 0 radical (unpaired) electrons. The summed E-state index contributed by atoms with van der Waals surface area (Å²) in [6.45, 7) is 1.92. The van der Waals surface area contributed by atoms with E-state index in [-0.39, 0.29) is 11.9 Å². The van der Waals surface area contributed by atoms with Gasteiger partial charge in [0.25, 0.3) is 0 Å². The number of hydrogen-bond donors (Lipinski definition) is 0. The molecule has 1 unspecified atom stereocenters. The number of pyridine rings is 1. The SMILES string of the molecule is Fc1ccc(-c2cc(C3CCCCCN3Cc3ccncc3)on2)cc1. The first-order valence-electron chi connectivity index (χ1n) is 9.15. The first-order chi connectivity index (χ1) is 12.8. The van der Waals surface area contributed by atoms with E-state index in [1.54, 1.807) is 12.1 Å². The zero-order valence-electron chi connectivity index (χ0n) is 14.6. The molecule has 1 saturated heterocycles. The Bertz CT molecular complexity index is 832. The highest BCUT2D eigenvalue weighted by molar-refractivity contribution is 5.58. The summed E-state index contributed by atoms with van der Waals surface area (Å²) < 4.78 is 18.9. The van der Waals surface area contributed by atoms with Crippen molar-refractivity contribution in [3.8, 4) is 11.3 Å². The molecular weight excluding hydrogens is 329 g/mol. The molecule has 0 spiro atoms. The number of aromatic nitrogens is 2. The molecule has 2 aromatic heterocycles. The van der Waals surface area contributed by atoms with Gasteiger partial charge in [0.2, 0.25) is 0 Å². The van der Waals surface area contributed by atoms with Gasteiger partial charge in [0.15, 0.2) is 5.76 Å². The van der Waals surface area contributed by atoms with E-state index in [0.717, 1.165) is 36.5 Å². The van der Waals surface area contributed by atoms with Crippen LogP contribution in [0.4, 0.5) is 4.39 Å². The maximum atomic E-state index is 13.1. The predicted octanol–water partition coefficient (Wildman–Crippen LogP) is 4.99. The fourth-order valence-corrected chi connectivity index (χ4v) is 3.60. The minimum Gasteiger partial charge on any atom is -0.359 e. The van der Waals surface area contributed by atoms with Crippen molar-refractivity contribution in [3.05, 3.63) is 72.0 Å². The topological polar surface area (TPSA) is 42.2 Å². The van der Waals surface area contributed by atoms with Gasteiger partial charge in [-0.1, -0.05) is 18.0 Å². The third kappa shape index (κ3) is 3.83. The lowest BCUT2D eigenvalue weighted by Crippen LogP contribution is -2.27. The number of benzene rings is 1. The molecule has 1 atom stereocenters. The molecule has 26 heavy (non-hydrogen) atoms. The molecule has 3 aromatic rings. The summed E-state index contributed by atoms with van der Waals surface area (Å²) in [4.78, 5) is 6.57. The van der Waals surface area contributed by atoms with E-state index >= 15 is 0 Å². The lowest BCUT2D eigenvalue weighted by atomic mass is 10.0. The van der Waals surface area contributed by atoms with Crippen LogP contribution in [0.25, 0.3) is 11.3 Å². The van der Waals surface area contributed by atoms with E-state index in [1.165, 1.54) is 37.0 Å². The highest BCUT2D eigenvalue weighted by atomic mass is 19.1. The second kappa shape index (κ2) is 7.79. The van der Waals surface area contributed by atoms with Gasteiger partial charge in [0, 0.05) is 30.6 Å². The largest absolute Gasteiger partial charge is 0.359 e. The summed E-state index contributed by atoms with van der Waals surface area (Å²) in [6, 6.07) is 12.7. The van der Waals surface area contributed by atoms with Gasteiger partial charge >= 0.3 is 0 Å². The first-order valence-corrected chi connectivity index (χ1v) is 9.15. The van der Waals surface area contributed by atoms with Gasteiger partial charge in [-0.3, -0.25) is 9.88 Å². The molecule has 1 aliphatic rings. The summed E-state index contributed by atoms with van der Waals surface area (Å²) >= 11 is 0. The molecule has 4 rings (SSSR count). The molecule has 3 heterocycles. The normalized spacial score (nSPS) is 18.6. The molecule has 4 nitrogen and oxygen atoms in total. The highest BCUT2D eigenvalue weighted by Gasteiger charge is 2.26. The summed E-state index contributed by atoms with van der Waals surface area (Å²) in [7, 11) is 0. The summed E-state index contributed by atoms with van der Waals surface area (Å²) in [5, 5.41) is 4.23. The number of likely N-dealkylation sites (tertiary alicyclic amines) is 1. The quantitative estimate of drug-likeness (QED) is 0.664. The molecule has 0 saturated carbocycles. The van der Waals surface area contributed by atoms with Crippen LogP contribution in [0.5, 0.6) is 0 Å².